The molecule has 0 bridgehead atoms. The Labute approximate surface area is 88.6 Å². The van der Waals surface area contributed by atoms with Crippen LogP contribution in [0.3, 0.4) is 0 Å². The molecule has 1 aliphatic rings. The summed E-state index contributed by atoms with van der Waals surface area (Å²) in [5.74, 6) is 0. The molecular formula is C11H15N3O. The number of hydrogen-bond donors (Lipinski definition) is 2. The van der Waals surface area contributed by atoms with E-state index in [4.69, 9.17) is 4.52 Å². The van der Waals surface area contributed by atoms with E-state index in [-0.39, 0.29) is 6.17 Å². The van der Waals surface area contributed by atoms with Crippen molar-refractivity contribution in [3.05, 3.63) is 18.3 Å². The van der Waals surface area contributed by atoms with Gasteiger partial charge in [0.25, 0.3) is 0 Å². The van der Waals surface area contributed by atoms with Crippen LogP contribution in [0.15, 0.2) is 22.9 Å². The lowest BCUT2D eigenvalue weighted by Gasteiger charge is -2.01. The van der Waals surface area contributed by atoms with Crippen LogP contribution in [0.25, 0.3) is 11.0 Å². The summed E-state index contributed by atoms with van der Waals surface area (Å²) in [5, 5.41) is 11.4. The number of aromatic nitrogens is 1. The predicted molar refractivity (Wildman–Crippen MR) is 62.1 cm³/mol. The molecule has 15 heavy (non-hydrogen) atoms. The second-order valence-electron chi connectivity index (χ2n) is 3.24. The van der Waals surface area contributed by atoms with E-state index in [0.29, 0.717) is 0 Å². The first kappa shape index (κ1) is 9.83. The normalized spacial score (nSPS) is 17.4. The summed E-state index contributed by atoms with van der Waals surface area (Å²) in [7, 11) is 0. The van der Waals surface area contributed by atoms with E-state index in [1.54, 1.807) is 6.20 Å². The molecule has 0 saturated carbocycles. The lowest BCUT2D eigenvalue weighted by atomic mass is 10.2. The average molecular weight is 205 g/mol. The highest BCUT2D eigenvalue weighted by atomic mass is 16.5. The monoisotopic (exact) mass is 205 g/mol. The van der Waals surface area contributed by atoms with E-state index in [0.717, 1.165) is 22.3 Å². The molecule has 80 valence electrons. The molecule has 1 aromatic carbocycles. The van der Waals surface area contributed by atoms with E-state index >= 15 is 0 Å². The van der Waals surface area contributed by atoms with Gasteiger partial charge in [-0.15, -0.1) is 0 Å². The zero-order chi connectivity index (χ0) is 10.8. The second-order valence-corrected chi connectivity index (χ2v) is 3.24. The Hall–Kier alpha value is -1.71. The number of anilines is 2. The first-order chi connectivity index (χ1) is 7.34. The third kappa shape index (κ3) is 1.52. The molecule has 4 heteroatoms. The summed E-state index contributed by atoms with van der Waals surface area (Å²) in [6, 6.07) is 3.92. The maximum atomic E-state index is 5.06. The van der Waals surface area contributed by atoms with Crippen molar-refractivity contribution in [2.75, 3.05) is 10.6 Å². The predicted octanol–water partition coefficient (Wildman–Crippen LogP) is 3.04. The van der Waals surface area contributed by atoms with Gasteiger partial charge in [0.15, 0.2) is 5.58 Å². The van der Waals surface area contributed by atoms with Crippen LogP contribution in [-0.4, -0.2) is 11.3 Å². The molecule has 4 nitrogen and oxygen atoms in total. The van der Waals surface area contributed by atoms with E-state index in [1.807, 2.05) is 26.0 Å². The maximum Gasteiger partial charge on any atom is 0.169 e. The quantitative estimate of drug-likeness (QED) is 0.694. The molecule has 3 rings (SSSR count). The molecule has 0 radical (unpaired) electrons. The first-order valence-corrected chi connectivity index (χ1v) is 5.25. The molecule has 0 amide bonds. The Morgan fingerprint density at radius 3 is 2.87 bits per heavy atom. The van der Waals surface area contributed by atoms with Gasteiger partial charge in [-0.2, -0.15) is 0 Å². The number of rotatable bonds is 0. The highest BCUT2D eigenvalue weighted by molar-refractivity contribution is 5.99. The van der Waals surface area contributed by atoms with Gasteiger partial charge in [-0.1, -0.05) is 19.0 Å². The number of fused-ring (bicyclic) bond motifs is 3. The third-order valence-electron chi connectivity index (χ3n) is 2.27. The van der Waals surface area contributed by atoms with Gasteiger partial charge in [-0.3, -0.25) is 0 Å². The summed E-state index contributed by atoms with van der Waals surface area (Å²) in [6.45, 7) is 6.07. The fourth-order valence-electron chi connectivity index (χ4n) is 1.71. The van der Waals surface area contributed by atoms with Crippen molar-refractivity contribution < 1.29 is 4.52 Å². The molecular weight excluding hydrogens is 190 g/mol. The van der Waals surface area contributed by atoms with Gasteiger partial charge in [0.05, 0.1) is 29.1 Å². The van der Waals surface area contributed by atoms with Gasteiger partial charge in [0.1, 0.15) is 0 Å². The highest BCUT2D eigenvalue weighted by Crippen LogP contribution is 2.35. The minimum Gasteiger partial charge on any atom is -0.364 e. The molecule has 1 aliphatic heterocycles. The van der Waals surface area contributed by atoms with Crippen LogP contribution in [0.4, 0.5) is 11.4 Å². The Balaban J connectivity index is 0.000000404. The highest BCUT2D eigenvalue weighted by Gasteiger charge is 2.18. The molecule has 0 fully saturated rings. The Bertz CT molecular complexity index is 464. The number of nitrogens with one attached hydrogen (secondary N) is 2. The fraction of sp³-hybridized carbons (Fsp3) is 0.364. The van der Waals surface area contributed by atoms with Gasteiger partial charge < -0.3 is 15.2 Å². The molecule has 2 heterocycles. The third-order valence-corrected chi connectivity index (χ3v) is 2.27. The fourth-order valence-corrected chi connectivity index (χ4v) is 1.71. The molecule has 2 aromatic rings. The summed E-state index contributed by atoms with van der Waals surface area (Å²) in [5.41, 5.74) is 3.02. The largest absolute Gasteiger partial charge is 0.364 e. The van der Waals surface area contributed by atoms with Crippen LogP contribution in [0.2, 0.25) is 0 Å². The summed E-state index contributed by atoms with van der Waals surface area (Å²) >= 11 is 0. The zero-order valence-corrected chi connectivity index (χ0v) is 9.16. The topological polar surface area (TPSA) is 50.1 Å². The van der Waals surface area contributed by atoms with E-state index in [1.165, 1.54) is 0 Å². The van der Waals surface area contributed by atoms with Crippen molar-refractivity contribution in [1.82, 2.24) is 5.16 Å². The van der Waals surface area contributed by atoms with E-state index in [9.17, 15) is 0 Å². The van der Waals surface area contributed by atoms with Gasteiger partial charge in [0.2, 0.25) is 0 Å². The molecule has 2 N–H and O–H groups in total. The van der Waals surface area contributed by atoms with Crippen LogP contribution >= 0.6 is 0 Å². The van der Waals surface area contributed by atoms with Crippen LogP contribution in [0.5, 0.6) is 0 Å². The molecule has 0 spiro atoms. The number of hydrogen-bond acceptors (Lipinski definition) is 4. The van der Waals surface area contributed by atoms with Crippen molar-refractivity contribution in [3.8, 4) is 0 Å². The van der Waals surface area contributed by atoms with Crippen LogP contribution in [0, 0.1) is 0 Å². The van der Waals surface area contributed by atoms with Crippen LogP contribution < -0.4 is 10.6 Å². The number of nitrogens with zero attached hydrogens (tertiary/aromatic N) is 1. The van der Waals surface area contributed by atoms with Gasteiger partial charge in [-0.25, -0.2) is 0 Å². The smallest absolute Gasteiger partial charge is 0.169 e. The average Bonchev–Trinajstić information content (AvgIpc) is 2.84. The van der Waals surface area contributed by atoms with Crippen molar-refractivity contribution in [2.24, 2.45) is 0 Å². The van der Waals surface area contributed by atoms with Gasteiger partial charge in [0, 0.05) is 0 Å². The molecule has 1 unspecified atom stereocenters. The molecule has 1 atom stereocenters. The van der Waals surface area contributed by atoms with Crippen molar-refractivity contribution in [2.45, 2.75) is 26.9 Å². The van der Waals surface area contributed by atoms with Crippen LogP contribution in [-0.2, 0) is 0 Å². The van der Waals surface area contributed by atoms with E-state index in [2.05, 4.69) is 22.7 Å². The van der Waals surface area contributed by atoms with E-state index < -0.39 is 0 Å². The zero-order valence-electron chi connectivity index (χ0n) is 9.16. The lowest BCUT2D eigenvalue weighted by Crippen LogP contribution is -2.16. The summed E-state index contributed by atoms with van der Waals surface area (Å²) in [6.07, 6.45) is 2.01. The second kappa shape index (κ2) is 3.81. The van der Waals surface area contributed by atoms with Crippen LogP contribution in [0.1, 0.15) is 20.8 Å². The number of benzene rings is 1. The lowest BCUT2D eigenvalue weighted by molar-refractivity contribution is 0.456. The molecule has 0 saturated heterocycles. The van der Waals surface area contributed by atoms with Crippen molar-refractivity contribution >= 4 is 22.3 Å². The minimum atomic E-state index is 0.274. The van der Waals surface area contributed by atoms with Crippen molar-refractivity contribution in [3.63, 3.8) is 0 Å². The summed E-state index contributed by atoms with van der Waals surface area (Å²) in [4.78, 5) is 0. The molecule has 1 aromatic heterocycles. The molecule has 0 aliphatic carbocycles. The SMILES string of the molecule is CC.CC1Nc2ccc3oncc3c2N1. The maximum absolute atomic E-state index is 5.06. The van der Waals surface area contributed by atoms with Gasteiger partial charge >= 0.3 is 0 Å². The Kier molecular flexibility index (Phi) is 2.49. The van der Waals surface area contributed by atoms with Crippen molar-refractivity contribution in [1.29, 1.82) is 0 Å². The first-order valence-electron chi connectivity index (χ1n) is 5.25. The minimum absolute atomic E-state index is 0.274. The Morgan fingerprint density at radius 1 is 1.27 bits per heavy atom. The standard InChI is InChI=1S/C9H9N3O.C2H6/c1-5-11-7-2-3-8-6(4-10-13-8)9(7)12-5;1-2/h2-5,11-12H,1H3;1-2H3. The Morgan fingerprint density at radius 2 is 2.07 bits per heavy atom. The van der Waals surface area contributed by atoms with Gasteiger partial charge in [-0.05, 0) is 19.1 Å². The summed E-state index contributed by atoms with van der Waals surface area (Å²) < 4.78 is 5.06.